The Labute approximate surface area is 254 Å². The topological polar surface area (TPSA) is 104 Å². The largest absolute Gasteiger partial charge is 0.489 e. The first-order valence-corrected chi connectivity index (χ1v) is 14.7. The van der Waals surface area contributed by atoms with Gasteiger partial charge in [-0.3, -0.25) is 10.0 Å². The molecule has 4 aromatic rings. The van der Waals surface area contributed by atoms with Gasteiger partial charge in [0.1, 0.15) is 24.7 Å². The van der Waals surface area contributed by atoms with Crippen molar-refractivity contribution in [1.29, 1.82) is 5.26 Å². The fourth-order valence-electron chi connectivity index (χ4n) is 4.90. The predicted molar refractivity (Wildman–Crippen MR) is 168 cm³/mol. The number of ether oxygens (including phenoxy) is 2. The van der Waals surface area contributed by atoms with Gasteiger partial charge in [0, 0.05) is 24.6 Å². The minimum Gasteiger partial charge on any atom is -0.489 e. The van der Waals surface area contributed by atoms with Gasteiger partial charge in [-0.2, -0.15) is 5.26 Å². The van der Waals surface area contributed by atoms with Crippen LogP contribution in [0.25, 0.3) is 11.1 Å². The Balaban J connectivity index is 1.39. The molecule has 1 amide bonds. The predicted octanol–water partition coefficient (Wildman–Crippen LogP) is 7.24. The fraction of sp³-hybridized carbons (Fsp3) is 0.278. The van der Waals surface area contributed by atoms with E-state index < -0.39 is 0 Å². The highest BCUT2D eigenvalue weighted by atomic mass is 16.5. The Hall–Kier alpha value is -4.64. The van der Waals surface area contributed by atoms with Crippen LogP contribution in [0.5, 0.6) is 11.5 Å². The van der Waals surface area contributed by atoms with Crippen molar-refractivity contribution in [2.75, 3.05) is 6.54 Å². The normalized spacial score (nSPS) is 10.6. The number of benzene rings is 4. The van der Waals surface area contributed by atoms with Gasteiger partial charge in [-0.05, 0) is 72.3 Å². The smallest absolute Gasteiger partial charge is 0.243 e. The minimum absolute atomic E-state index is 0.339. The van der Waals surface area contributed by atoms with Gasteiger partial charge >= 0.3 is 0 Å². The standard InChI is InChI=1S/C36H39N3O4/c1-27-32(15-10-16-34(27)30-13-5-4-6-14-30)26-42-33-19-18-31(24-38-20-8-3-2-7-17-36(40)39-41)35(22-33)43-25-29-12-9-11-28(21-29)23-37/h4-6,9-16,18-19,21-22,38,41H,2-3,7-8,17,20,24-26H2,1H3,(H,39,40). The molecule has 0 spiro atoms. The lowest BCUT2D eigenvalue weighted by Gasteiger charge is -2.16. The molecular formula is C36H39N3O4. The number of nitrogens with one attached hydrogen (secondary N) is 2. The lowest BCUT2D eigenvalue weighted by molar-refractivity contribution is -0.129. The Morgan fingerprint density at radius 3 is 2.47 bits per heavy atom. The highest BCUT2D eigenvalue weighted by Gasteiger charge is 2.10. The molecule has 4 rings (SSSR count). The second kappa shape index (κ2) is 16.7. The summed E-state index contributed by atoms with van der Waals surface area (Å²) in [6, 6.07) is 32.2. The molecule has 0 saturated heterocycles. The summed E-state index contributed by atoms with van der Waals surface area (Å²) in [5.74, 6) is 1.12. The summed E-state index contributed by atoms with van der Waals surface area (Å²) in [6.07, 6.45) is 4.02. The molecule has 4 aromatic carbocycles. The molecule has 7 nitrogen and oxygen atoms in total. The zero-order chi connectivity index (χ0) is 30.3. The van der Waals surface area contributed by atoms with Crippen molar-refractivity contribution in [2.45, 2.75) is 58.8 Å². The molecule has 7 heteroatoms. The molecule has 0 bridgehead atoms. The van der Waals surface area contributed by atoms with E-state index in [1.54, 1.807) is 11.5 Å². The summed E-state index contributed by atoms with van der Waals surface area (Å²) < 4.78 is 12.5. The zero-order valence-electron chi connectivity index (χ0n) is 24.6. The molecule has 0 saturated carbocycles. The van der Waals surface area contributed by atoms with Crippen LogP contribution in [0.1, 0.15) is 59.9 Å². The third-order valence-electron chi connectivity index (χ3n) is 7.36. The minimum atomic E-state index is -0.340. The van der Waals surface area contributed by atoms with Crippen molar-refractivity contribution in [3.05, 3.63) is 119 Å². The van der Waals surface area contributed by atoms with E-state index >= 15 is 0 Å². The van der Waals surface area contributed by atoms with Gasteiger partial charge in [0.15, 0.2) is 0 Å². The molecular weight excluding hydrogens is 538 g/mol. The van der Waals surface area contributed by atoms with Crippen LogP contribution < -0.4 is 20.3 Å². The van der Waals surface area contributed by atoms with Crippen LogP contribution >= 0.6 is 0 Å². The van der Waals surface area contributed by atoms with Crippen LogP contribution in [-0.4, -0.2) is 17.7 Å². The fourth-order valence-corrected chi connectivity index (χ4v) is 4.90. The van der Waals surface area contributed by atoms with Crippen LogP contribution in [0.15, 0.2) is 91.0 Å². The Bertz CT molecular complexity index is 1510. The van der Waals surface area contributed by atoms with Gasteiger partial charge in [-0.1, -0.05) is 79.6 Å². The second-order valence-corrected chi connectivity index (χ2v) is 10.5. The molecule has 0 atom stereocenters. The Kier molecular flexibility index (Phi) is 12.2. The number of hydrogen-bond acceptors (Lipinski definition) is 6. The number of nitriles is 1. The van der Waals surface area contributed by atoms with Crippen molar-refractivity contribution in [3.63, 3.8) is 0 Å². The molecule has 222 valence electrons. The average molecular weight is 578 g/mol. The number of rotatable bonds is 16. The summed E-state index contributed by atoms with van der Waals surface area (Å²) >= 11 is 0. The summed E-state index contributed by atoms with van der Waals surface area (Å²) in [7, 11) is 0. The first-order valence-electron chi connectivity index (χ1n) is 14.7. The molecule has 0 aliphatic heterocycles. The van der Waals surface area contributed by atoms with Crippen molar-refractivity contribution >= 4 is 5.91 Å². The van der Waals surface area contributed by atoms with Gasteiger partial charge in [-0.25, -0.2) is 5.48 Å². The van der Waals surface area contributed by atoms with E-state index in [2.05, 4.69) is 60.8 Å². The molecule has 0 aromatic heterocycles. The van der Waals surface area contributed by atoms with Crippen molar-refractivity contribution in [2.24, 2.45) is 0 Å². The van der Waals surface area contributed by atoms with Gasteiger partial charge in [0.25, 0.3) is 0 Å². The molecule has 0 unspecified atom stereocenters. The highest BCUT2D eigenvalue weighted by Crippen LogP contribution is 2.29. The first kappa shape index (κ1) is 31.3. The van der Waals surface area contributed by atoms with Crippen LogP contribution in [0, 0.1) is 18.3 Å². The van der Waals surface area contributed by atoms with Crippen LogP contribution in [-0.2, 0) is 24.6 Å². The van der Waals surface area contributed by atoms with Gasteiger partial charge in [-0.15, -0.1) is 0 Å². The quantitative estimate of drug-likeness (QED) is 0.0737. The van der Waals surface area contributed by atoms with E-state index in [0.717, 1.165) is 60.4 Å². The molecule has 43 heavy (non-hydrogen) atoms. The van der Waals surface area contributed by atoms with E-state index in [9.17, 15) is 10.1 Å². The van der Waals surface area contributed by atoms with E-state index in [4.69, 9.17) is 14.7 Å². The molecule has 0 radical (unpaired) electrons. The molecule has 0 aliphatic carbocycles. The van der Waals surface area contributed by atoms with E-state index in [-0.39, 0.29) is 5.91 Å². The summed E-state index contributed by atoms with van der Waals surface area (Å²) in [4.78, 5) is 11.1. The number of amides is 1. The van der Waals surface area contributed by atoms with Crippen molar-refractivity contribution < 1.29 is 19.5 Å². The van der Waals surface area contributed by atoms with Crippen LogP contribution in [0.4, 0.5) is 0 Å². The third kappa shape index (κ3) is 9.71. The number of unbranched alkanes of at least 4 members (excludes halogenated alkanes) is 3. The first-order chi connectivity index (χ1) is 21.1. The van der Waals surface area contributed by atoms with Crippen LogP contribution in [0.3, 0.4) is 0 Å². The monoisotopic (exact) mass is 577 g/mol. The van der Waals surface area contributed by atoms with Crippen LogP contribution in [0.2, 0.25) is 0 Å². The maximum absolute atomic E-state index is 11.1. The summed E-state index contributed by atoms with van der Waals surface area (Å²) in [5, 5.41) is 21.3. The van der Waals surface area contributed by atoms with E-state index in [0.29, 0.717) is 31.7 Å². The van der Waals surface area contributed by atoms with E-state index in [1.807, 2.05) is 42.5 Å². The number of hydroxylamine groups is 1. The van der Waals surface area contributed by atoms with Gasteiger partial charge in [0.05, 0.1) is 11.6 Å². The number of hydrogen-bond donors (Lipinski definition) is 3. The molecule has 3 N–H and O–H groups in total. The average Bonchev–Trinajstić information content (AvgIpc) is 3.05. The lowest BCUT2D eigenvalue weighted by Crippen LogP contribution is -2.18. The third-order valence-corrected chi connectivity index (χ3v) is 7.36. The molecule has 0 heterocycles. The number of carbonyl (C=O) groups is 1. The maximum Gasteiger partial charge on any atom is 0.243 e. The summed E-state index contributed by atoms with van der Waals surface area (Å²) in [6.45, 7) is 4.38. The highest BCUT2D eigenvalue weighted by molar-refractivity contribution is 5.74. The number of carbonyl (C=O) groups excluding carboxylic acids is 1. The van der Waals surface area contributed by atoms with Gasteiger partial charge < -0.3 is 14.8 Å². The Morgan fingerprint density at radius 1 is 0.837 bits per heavy atom. The van der Waals surface area contributed by atoms with Crippen molar-refractivity contribution in [1.82, 2.24) is 10.8 Å². The molecule has 0 fully saturated rings. The zero-order valence-corrected chi connectivity index (χ0v) is 24.6. The molecule has 0 aliphatic rings. The Morgan fingerprint density at radius 2 is 1.65 bits per heavy atom. The second-order valence-electron chi connectivity index (χ2n) is 10.5. The lowest BCUT2D eigenvalue weighted by atomic mass is 9.97. The SMILES string of the molecule is Cc1c(COc2ccc(CNCCCCCCC(=O)NO)c(OCc3cccc(C#N)c3)c2)cccc1-c1ccccc1. The maximum atomic E-state index is 11.1. The number of nitrogens with zero attached hydrogens (tertiary/aromatic N) is 1. The van der Waals surface area contributed by atoms with E-state index in [1.165, 1.54) is 16.7 Å². The van der Waals surface area contributed by atoms with Crippen molar-refractivity contribution in [3.8, 4) is 28.7 Å². The van der Waals surface area contributed by atoms with Gasteiger partial charge in [0.2, 0.25) is 5.91 Å². The summed E-state index contributed by atoms with van der Waals surface area (Å²) in [5.41, 5.74) is 8.92.